The topological polar surface area (TPSA) is 75.2 Å². The third-order valence-electron chi connectivity index (χ3n) is 4.05. The summed E-state index contributed by atoms with van der Waals surface area (Å²) in [5.41, 5.74) is 0. The predicted octanol–water partition coefficient (Wildman–Crippen LogP) is 3.21. The zero-order valence-electron chi connectivity index (χ0n) is 13.7. The third-order valence-corrected chi connectivity index (χ3v) is 6.05. The molecule has 1 fully saturated rings. The Balaban J connectivity index is 1.52. The number of nitrogens with zero attached hydrogens (tertiary/aromatic N) is 3. The van der Waals surface area contributed by atoms with Crippen molar-refractivity contribution in [3.63, 3.8) is 0 Å². The van der Waals surface area contributed by atoms with Gasteiger partial charge in [-0.15, -0.1) is 21.5 Å². The van der Waals surface area contributed by atoms with Gasteiger partial charge in [0.2, 0.25) is 11.0 Å². The molecule has 3 heterocycles. The van der Waals surface area contributed by atoms with Gasteiger partial charge in [0, 0.05) is 24.9 Å². The molecule has 1 aliphatic rings. The highest BCUT2D eigenvalue weighted by Crippen LogP contribution is 2.25. The fourth-order valence-corrected chi connectivity index (χ4v) is 4.07. The minimum atomic E-state index is -0.0798. The lowest BCUT2D eigenvalue weighted by Gasteiger charge is -2.30. The maximum Gasteiger partial charge on any atom is 0.263 e. The van der Waals surface area contributed by atoms with Crippen molar-refractivity contribution in [3.05, 3.63) is 27.4 Å². The van der Waals surface area contributed by atoms with Crippen molar-refractivity contribution < 1.29 is 9.59 Å². The second-order valence-electron chi connectivity index (χ2n) is 6.13. The van der Waals surface area contributed by atoms with Crippen molar-refractivity contribution in [2.24, 2.45) is 5.92 Å². The average Bonchev–Trinajstić information content (AvgIpc) is 3.26. The first kappa shape index (κ1) is 17.0. The highest BCUT2D eigenvalue weighted by molar-refractivity contribution is 7.15. The highest BCUT2D eigenvalue weighted by atomic mass is 32.1. The number of carbonyl (C=O) groups is 2. The van der Waals surface area contributed by atoms with Crippen molar-refractivity contribution in [1.82, 2.24) is 15.1 Å². The number of anilines is 1. The maximum atomic E-state index is 12.4. The number of amides is 2. The Morgan fingerprint density at radius 1 is 1.29 bits per heavy atom. The van der Waals surface area contributed by atoms with Crippen LogP contribution in [0.25, 0.3) is 0 Å². The Morgan fingerprint density at radius 2 is 2.04 bits per heavy atom. The number of nitrogens with one attached hydrogen (secondary N) is 1. The molecule has 0 atom stereocenters. The van der Waals surface area contributed by atoms with Crippen LogP contribution in [0.1, 0.15) is 47.3 Å². The van der Waals surface area contributed by atoms with Gasteiger partial charge in [-0.3, -0.25) is 9.59 Å². The van der Waals surface area contributed by atoms with Crippen molar-refractivity contribution >= 4 is 39.6 Å². The van der Waals surface area contributed by atoms with Crippen LogP contribution in [0.15, 0.2) is 17.5 Å². The minimum Gasteiger partial charge on any atom is -0.338 e. The zero-order chi connectivity index (χ0) is 17.1. The number of rotatable bonds is 4. The first-order valence-electron chi connectivity index (χ1n) is 8.01. The Hall–Kier alpha value is -1.80. The van der Waals surface area contributed by atoms with Crippen LogP contribution in [0, 0.1) is 5.92 Å². The molecular formula is C16H20N4O2S2. The molecule has 0 aromatic carbocycles. The van der Waals surface area contributed by atoms with E-state index in [1.165, 1.54) is 22.7 Å². The summed E-state index contributed by atoms with van der Waals surface area (Å²) in [4.78, 5) is 27.3. The molecule has 0 unspecified atom stereocenters. The second-order valence-corrected chi connectivity index (χ2v) is 8.09. The van der Waals surface area contributed by atoms with Crippen LogP contribution in [0.3, 0.4) is 0 Å². The molecule has 3 rings (SSSR count). The van der Waals surface area contributed by atoms with E-state index in [4.69, 9.17) is 0 Å². The first-order chi connectivity index (χ1) is 11.5. The van der Waals surface area contributed by atoms with E-state index >= 15 is 0 Å². The summed E-state index contributed by atoms with van der Waals surface area (Å²) in [6, 6.07) is 3.72. The van der Waals surface area contributed by atoms with E-state index in [1.54, 1.807) is 0 Å². The summed E-state index contributed by atoms with van der Waals surface area (Å²) in [7, 11) is 0. The molecule has 0 aliphatic carbocycles. The molecule has 6 nitrogen and oxygen atoms in total. The molecule has 8 heteroatoms. The summed E-state index contributed by atoms with van der Waals surface area (Å²) in [5, 5.41) is 14.3. The molecule has 0 spiro atoms. The smallest absolute Gasteiger partial charge is 0.263 e. The monoisotopic (exact) mass is 364 g/mol. The van der Waals surface area contributed by atoms with E-state index in [1.807, 2.05) is 36.3 Å². The number of piperidine rings is 1. The predicted molar refractivity (Wildman–Crippen MR) is 95.6 cm³/mol. The van der Waals surface area contributed by atoms with Gasteiger partial charge in [-0.05, 0) is 24.3 Å². The quantitative estimate of drug-likeness (QED) is 0.904. The molecule has 0 radical (unpaired) electrons. The van der Waals surface area contributed by atoms with Gasteiger partial charge in [0.15, 0.2) is 0 Å². The standard InChI is InChI=1S/C16H20N4O2S2/c1-10(2)14-18-19-16(24-14)17-13(21)11-5-7-20(8-6-11)15(22)12-4-3-9-23-12/h3-4,9-11H,5-8H2,1-2H3,(H,17,19,21). The number of carbonyl (C=O) groups excluding carboxylic acids is 2. The van der Waals surface area contributed by atoms with Crippen LogP contribution in [-0.2, 0) is 4.79 Å². The van der Waals surface area contributed by atoms with Crippen LogP contribution < -0.4 is 5.32 Å². The third kappa shape index (κ3) is 3.81. The number of hydrogen-bond acceptors (Lipinski definition) is 6. The minimum absolute atomic E-state index is 0.0234. The van der Waals surface area contributed by atoms with Gasteiger partial charge in [0.1, 0.15) is 5.01 Å². The maximum absolute atomic E-state index is 12.4. The summed E-state index contributed by atoms with van der Waals surface area (Å²) in [6.45, 7) is 5.32. The van der Waals surface area contributed by atoms with Crippen molar-refractivity contribution in [1.29, 1.82) is 0 Å². The summed E-state index contributed by atoms with van der Waals surface area (Å²) < 4.78 is 0. The lowest BCUT2D eigenvalue weighted by Crippen LogP contribution is -2.41. The molecule has 2 aromatic heterocycles. The van der Waals surface area contributed by atoms with Crippen LogP contribution in [-0.4, -0.2) is 40.0 Å². The molecular weight excluding hydrogens is 344 g/mol. The van der Waals surface area contributed by atoms with E-state index in [0.29, 0.717) is 37.0 Å². The van der Waals surface area contributed by atoms with E-state index in [9.17, 15) is 9.59 Å². The van der Waals surface area contributed by atoms with Crippen molar-refractivity contribution in [2.45, 2.75) is 32.6 Å². The SMILES string of the molecule is CC(C)c1nnc(NC(=O)C2CCN(C(=O)c3cccs3)CC2)s1. The first-order valence-corrected chi connectivity index (χ1v) is 9.71. The van der Waals surface area contributed by atoms with E-state index in [-0.39, 0.29) is 17.7 Å². The van der Waals surface area contributed by atoms with Crippen molar-refractivity contribution in [3.8, 4) is 0 Å². The van der Waals surface area contributed by atoms with Gasteiger partial charge in [-0.1, -0.05) is 31.3 Å². The molecule has 1 N–H and O–H groups in total. The molecule has 2 aromatic rings. The van der Waals surface area contributed by atoms with E-state index in [2.05, 4.69) is 15.5 Å². The van der Waals surface area contributed by atoms with Crippen molar-refractivity contribution in [2.75, 3.05) is 18.4 Å². The fraction of sp³-hybridized carbons (Fsp3) is 0.500. The lowest BCUT2D eigenvalue weighted by molar-refractivity contribution is -0.121. The van der Waals surface area contributed by atoms with Gasteiger partial charge >= 0.3 is 0 Å². The molecule has 128 valence electrons. The van der Waals surface area contributed by atoms with Gasteiger partial charge < -0.3 is 10.2 Å². The largest absolute Gasteiger partial charge is 0.338 e. The number of likely N-dealkylation sites (tertiary alicyclic amines) is 1. The Kier molecular flexibility index (Phi) is 5.25. The van der Waals surface area contributed by atoms with Gasteiger partial charge in [0.05, 0.1) is 4.88 Å². The molecule has 0 saturated carbocycles. The van der Waals surface area contributed by atoms with Gasteiger partial charge in [0.25, 0.3) is 5.91 Å². The molecule has 0 bridgehead atoms. The molecule has 1 saturated heterocycles. The Labute approximate surface area is 148 Å². The van der Waals surface area contributed by atoms with E-state index < -0.39 is 0 Å². The van der Waals surface area contributed by atoms with Crippen LogP contribution in [0.2, 0.25) is 0 Å². The lowest BCUT2D eigenvalue weighted by atomic mass is 9.96. The fourth-order valence-electron chi connectivity index (χ4n) is 2.63. The summed E-state index contributed by atoms with van der Waals surface area (Å²) in [5.74, 6) is 0.266. The number of hydrogen-bond donors (Lipinski definition) is 1. The molecule has 2 amide bonds. The second kappa shape index (κ2) is 7.40. The average molecular weight is 364 g/mol. The number of aromatic nitrogens is 2. The van der Waals surface area contributed by atoms with Gasteiger partial charge in [-0.2, -0.15) is 0 Å². The zero-order valence-corrected chi connectivity index (χ0v) is 15.3. The number of thiophene rings is 1. The van der Waals surface area contributed by atoms with E-state index in [0.717, 1.165) is 9.88 Å². The summed E-state index contributed by atoms with van der Waals surface area (Å²) in [6.07, 6.45) is 1.36. The highest BCUT2D eigenvalue weighted by Gasteiger charge is 2.28. The van der Waals surface area contributed by atoms with Gasteiger partial charge in [-0.25, -0.2) is 0 Å². The van der Waals surface area contributed by atoms with Crippen LogP contribution >= 0.6 is 22.7 Å². The summed E-state index contributed by atoms with van der Waals surface area (Å²) >= 11 is 2.87. The van der Waals surface area contributed by atoms with Crippen LogP contribution in [0.4, 0.5) is 5.13 Å². The molecule has 1 aliphatic heterocycles. The Bertz CT molecular complexity index is 703. The molecule has 24 heavy (non-hydrogen) atoms. The van der Waals surface area contributed by atoms with Crippen LogP contribution in [0.5, 0.6) is 0 Å². The Morgan fingerprint density at radius 3 is 2.62 bits per heavy atom. The normalized spacial score (nSPS) is 15.7.